The molecule has 0 atom stereocenters. The highest BCUT2D eigenvalue weighted by molar-refractivity contribution is 8.01. The van der Waals surface area contributed by atoms with Gasteiger partial charge in [0.05, 0.1) is 10.2 Å². The predicted molar refractivity (Wildman–Crippen MR) is 121 cm³/mol. The normalized spacial score (nSPS) is 13.8. The molecule has 0 radical (unpaired) electrons. The SMILES string of the molecule is c1cncc(-c2nc(Sc3nc4ccccc4s3)c3c4c(sc3n2)CCCC4)c1. The van der Waals surface area contributed by atoms with E-state index in [4.69, 9.17) is 15.0 Å². The van der Waals surface area contributed by atoms with E-state index in [0.717, 1.165) is 43.9 Å². The van der Waals surface area contributed by atoms with E-state index in [1.807, 2.05) is 35.7 Å². The van der Waals surface area contributed by atoms with Crippen molar-refractivity contribution in [2.45, 2.75) is 35.0 Å². The van der Waals surface area contributed by atoms with Crippen LogP contribution in [0.3, 0.4) is 0 Å². The van der Waals surface area contributed by atoms with Gasteiger partial charge in [0.25, 0.3) is 0 Å². The van der Waals surface area contributed by atoms with Gasteiger partial charge in [0.2, 0.25) is 0 Å². The maximum atomic E-state index is 5.00. The molecular weight excluding hydrogens is 416 g/mol. The molecule has 1 aliphatic carbocycles. The standard InChI is InChI=1S/C22H16N4S3/c1-3-9-16-14(7-1)18-20(27-16)25-19(13-6-5-11-23-12-13)26-21(18)29-22-24-15-8-2-4-10-17(15)28-22/h2,4-6,8,10-12H,1,3,7,9H2. The van der Waals surface area contributed by atoms with Crippen LogP contribution >= 0.6 is 34.4 Å². The molecule has 0 N–H and O–H groups in total. The van der Waals surface area contributed by atoms with Crippen molar-refractivity contribution in [3.8, 4) is 11.4 Å². The number of hydrogen-bond donors (Lipinski definition) is 0. The number of benzene rings is 1. The number of thiazole rings is 1. The van der Waals surface area contributed by atoms with Gasteiger partial charge < -0.3 is 0 Å². The molecule has 0 bridgehead atoms. The Bertz CT molecular complexity index is 1310. The molecule has 0 saturated carbocycles. The van der Waals surface area contributed by atoms with Gasteiger partial charge in [0.15, 0.2) is 10.2 Å². The molecule has 0 spiro atoms. The molecule has 142 valence electrons. The molecule has 4 nitrogen and oxygen atoms in total. The molecule has 6 rings (SSSR count). The van der Waals surface area contributed by atoms with Crippen molar-refractivity contribution in [3.63, 3.8) is 0 Å². The van der Waals surface area contributed by atoms with E-state index in [1.54, 1.807) is 29.3 Å². The Balaban J connectivity index is 1.54. The Kier molecular flexibility index (Phi) is 4.32. The van der Waals surface area contributed by atoms with E-state index in [9.17, 15) is 0 Å². The van der Waals surface area contributed by atoms with E-state index in [2.05, 4.69) is 23.2 Å². The quantitative estimate of drug-likeness (QED) is 0.309. The number of nitrogens with zero attached hydrogens (tertiary/aromatic N) is 4. The molecule has 0 unspecified atom stereocenters. The Morgan fingerprint density at radius 2 is 1.83 bits per heavy atom. The lowest BCUT2D eigenvalue weighted by molar-refractivity contribution is 0.699. The summed E-state index contributed by atoms with van der Waals surface area (Å²) in [4.78, 5) is 21.6. The summed E-state index contributed by atoms with van der Waals surface area (Å²) in [6.45, 7) is 0. The van der Waals surface area contributed by atoms with Gasteiger partial charge in [-0.05, 0) is 67.3 Å². The third kappa shape index (κ3) is 3.13. The van der Waals surface area contributed by atoms with Crippen molar-refractivity contribution in [1.82, 2.24) is 19.9 Å². The van der Waals surface area contributed by atoms with Crippen LogP contribution in [0.1, 0.15) is 23.3 Å². The first-order chi connectivity index (χ1) is 14.3. The van der Waals surface area contributed by atoms with Gasteiger partial charge in [-0.3, -0.25) is 4.98 Å². The van der Waals surface area contributed by atoms with E-state index in [-0.39, 0.29) is 0 Å². The Labute approximate surface area is 180 Å². The van der Waals surface area contributed by atoms with Gasteiger partial charge in [0, 0.05) is 28.2 Å². The fraction of sp³-hybridized carbons (Fsp3) is 0.182. The second-order valence-electron chi connectivity index (χ2n) is 7.03. The zero-order chi connectivity index (χ0) is 19.2. The highest BCUT2D eigenvalue weighted by Crippen LogP contribution is 2.43. The minimum Gasteiger partial charge on any atom is -0.264 e. The van der Waals surface area contributed by atoms with Crippen LogP contribution < -0.4 is 0 Å². The molecule has 29 heavy (non-hydrogen) atoms. The van der Waals surface area contributed by atoms with Crippen LogP contribution in [0.15, 0.2) is 58.2 Å². The first-order valence-electron chi connectivity index (χ1n) is 9.61. The highest BCUT2D eigenvalue weighted by atomic mass is 32.2. The van der Waals surface area contributed by atoms with Crippen LogP contribution in [-0.4, -0.2) is 19.9 Å². The summed E-state index contributed by atoms with van der Waals surface area (Å²) >= 11 is 5.23. The lowest BCUT2D eigenvalue weighted by Crippen LogP contribution is -1.99. The van der Waals surface area contributed by atoms with Gasteiger partial charge in [-0.1, -0.05) is 12.1 Å². The zero-order valence-electron chi connectivity index (χ0n) is 15.5. The van der Waals surface area contributed by atoms with Crippen LogP contribution in [0.5, 0.6) is 0 Å². The largest absolute Gasteiger partial charge is 0.264 e. The molecule has 7 heteroatoms. The van der Waals surface area contributed by atoms with Crippen molar-refractivity contribution in [1.29, 1.82) is 0 Å². The van der Waals surface area contributed by atoms with Crippen molar-refractivity contribution in [2.24, 2.45) is 0 Å². The fourth-order valence-corrected chi connectivity index (χ4v) is 7.26. The summed E-state index contributed by atoms with van der Waals surface area (Å²) in [6.07, 6.45) is 8.41. The third-order valence-electron chi connectivity index (χ3n) is 5.16. The number of fused-ring (bicyclic) bond motifs is 4. The van der Waals surface area contributed by atoms with Crippen LogP contribution in [0, 0.1) is 0 Å². The number of aromatic nitrogens is 4. The maximum absolute atomic E-state index is 5.00. The summed E-state index contributed by atoms with van der Waals surface area (Å²) < 4.78 is 2.24. The lowest BCUT2D eigenvalue weighted by atomic mass is 9.97. The number of pyridine rings is 1. The molecule has 0 saturated heterocycles. The second kappa shape index (κ2) is 7.16. The summed E-state index contributed by atoms with van der Waals surface area (Å²) in [6, 6.07) is 12.2. The van der Waals surface area contributed by atoms with E-state index in [0.29, 0.717) is 0 Å². The molecule has 1 aliphatic rings. The minimum absolute atomic E-state index is 0.743. The molecule has 0 aliphatic heterocycles. The molecule has 0 fully saturated rings. The number of rotatable bonds is 3. The number of thiophene rings is 1. The lowest BCUT2D eigenvalue weighted by Gasteiger charge is -2.11. The highest BCUT2D eigenvalue weighted by Gasteiger charge is 2.22. The van der Waals surface area contributed by atoms with Gasteiger partial charge in [0.1, 0.15) is 9.86 Å². The van der Waals surface area contributed by atoms with E-state index < -0.39 is 0 Å². The number of hydrogen-bond acceptors (Lipinski definition) is 7. The predicted octanol–water partition coefficient (Wildman–Crippen LogP) is 6.39. The number of aryl methyl sites for hydroxylation is 2. The van der Waals surface area contributed by atoms with Gasteiger partial charge >= 0.3 is 0 Å². The van der Waals surface area contributed by atoms with Crippen LogP contribution in [0.4, 0.5) is 0 Å². The molecule has 0 amide bonds. The van der Waals surface area contributed by atoms with E-state index >= 15 is 0 Å². The summed E-state index contributed by atoms with van der Waals surface area (Å²) in [5, 5.41) is 2.26. The molecule has 5 aromatic rings. The van der Waals surface area contributed by atoms with Crippen LogP contribution in [0.25, 0.3) is 31.8 Å². The first-order valence-corrected chi connectivity index (χ1v) is 12.1. The Morgan fingerprint density at radius 1 is 0.897 bits per heavy atom. The van der Waals surface area contributed by atoms with Crippen molar-refractivity contribution in [2.75, 3.05) is 0 Å². The molecule has 1 aromatic carbocycles. The fourth-order valence-electron chi connectivity index (χ4n) is 3.80. The van der Waals surface area contributed by atoms with Crippen molar-refractivity contribution >= 4 is 54.9 Å². The number of para-hydroxylation sites is 1. The second-order valence-corrected chi connectivity index (χ2v) is 10.4. The average molecular weight is 433 g/mol. The maximum Gasteiger partial charge on any atom is 0.163 e. The Hall–Kier alpha value is -2.35. The van der Waals surface area contributed by atoms with Gasteiger partial charge in [-0.2, -0.15) is 0 Å². The molecule has 4 heterocycles. The van der Waals surface area contributed by atoms with Crippen molar-refractivity contribution in [3.05, 3.63) is 59.2 Å². The minimum atomic E-state index is 0.743. The summed E-state index contributed by atoms with van der Waals surface area (Å²) in [5.41, 5.74) is 3.45. The first kappa shape index (κ1) is 17.5. The third-order valence-corrected chi connectivity index (χ3v) is 8.43. The zero-order valence-corrected chi connectivity index (χ0v) is 17.9. The Morgan fingerprint density at radius 3 is 2.72 bits per heavy atom. The average Bonchev–Trinajstić information content (AvgIpc) is 3.34. The topological polar surface area (TPSA) is 51.6 Å². The smallest absolute Gasteiger partial charge is 0.163 e. The summed E-state index contributed by atoms with van der Waals surface area (Å²) in [5.74, 6) is 0.743. The van der Waals surface area contributed by atoms with Gasteiger partial charge in [-0.15, -0.1) is 22.7 Å². The van der Waals surface area contributed by atoms with Crippen molar-refractivity contribution < 1.29 is 0 Å². The summed E-state index contributed by atoms with van der Waals surface area (Å²) in [7, 11) is 0. The van der Waals surface area contributed by atoms with Gasteiger partial charge in [-0.25, -0.2) is 15.0 Å². The van der Waals surface area contributed by atoms with Crippen LogP contribution in [0.2, 0.25) is 0 Å². The van der Waals surface area contributed by atoms with Crippen LogP contribution in [-0.2, 0) is 12.8 Å². The monoisotopic (exact) mass is 432 g/mol. The molecular formula is C22H16N4S3. The molecule has 4 aromatic heterocycles. The van der Waals surface area contributed by atoms with E-state index in [1.165, 1.54) is 33.4 Å².